The first-order valence-electron chi connectivity index (χ1n) is 10.5. The number of methoxy groups -OCH3 is 2. The first-order valence-corrected chi connectivity index (χ1v) is 10.5. The van der Waals surface area contributed by atoms with Crippen molar-refractivity contribution >= 4 is 11.7 Å². The average molecular weight is 478 g/mol. The van der Waals surface area contributed by atoms with Gasteiger partial charge in [0.2, 0.25) is 0 Å². The van der Waals surface area contributed by atoms with Crippen LogP contribution in [0.1, 0.15) is 45.7 Å². The number of benzene rings is 1. The van der Waals surface area contributed by atoms with Gasteiger partial charge in [-0.05, 0) is 24.6 Å². The number of rotatable bonds is 6. The number of alkyl halides is 3. The van der Waals surface area contributed by atoms with Gasteiger partial charge in [0.05, 0.1) is 32.2 Å². The molecule has 0 fully saturated rings. The number of hydrogen-bond acceptors (Lipinski definition) is 6. The Hall–Kier alpha value is -3.70. The molecule has 1 aliphatic heterocycles. The Morgan fingerprint density at radius 2 is 2.00 bits per heavy atom. The maximum atomic E-state index is 14.0. The number of ether oxygens (including phenoxy) is 2. The monoisotopic (exact) mass is 478 g/mol. The molecule has 0 aliphatic carbocycles. The fourth-order valence-electron chi connectivity index (χ4n) is 4.11. The summed E-state index contributed by atoms with van der Waals surface area (Å²) in [6.45, 7) is 2.00. The summed E-state index contributed by atoms with van der Waals surface area (Å²) >= 11 is 0. The van der Waals surface area contributed by atoms with Crippen molar-refractivity contribution in [1.29, 1.82) is 0 Å². The normalized spacial score (nSPS) is 17.6. The van der Waals surface area contributed by atoms with Gasteiger partial charge in [0, 0.05) is 31.8 Å². The molecule has 1 amide bonds. The average Bonchev–Trinajstić information content (AvgIpc) is 3.37. The van der Waals surface area contributed by atoms with E-state index in [0.717, 1.165) is 22.1 Å². The van der Waals surface area contributed by atoms with Crippen molar-refractivity contribution in [3.63, 3.8) is 0 Å². The number of fused-ring (bicyclic) bond motifs is 1. The van der Waals surface area contributed by atoms with Crippen molar-refractivity contribution < 1.29 is 27.4 Å². The predicted molar refractivity (Wildman–Crippen MR) is 117 cm³/mol. The van der Waals surface area contributed by atoms with E-state index in [9.17, 15) is 18.0 Å². The lowest BCUT2D eigenvalue weighted by atomic mass is 9.96. The van der Waals surface area contributed by atoms with Crippen LogP contribution in [-0.2, 0) is 13.6 Å². The van der Waals surface area contributed by atoms with Gasteiger partial charge < -0.3 is 20.1 Å². The third kappa shape index (κ3) is 4.39. The number of nitrogens with one attached hydrogen (secondary N) is 2. The second-order valence-corrected chi connectivity index (χ2v) is 8.05. The molecular formula is C22H25F3N6O3. The predicted octanol–water partition coefficient (Wildman–Crippen LogP) is 3.53. The molecule has 3 heterocycles. The van der Waals surface area contributed by atoms with E-state index < -0.39 is 24.2 Å². The molecule has 34 heavy (non-hydrogen) atoms. The van der Waals surface area contributed by atoms with Crippen molar-refractivity contribution in [3.8, 4) is 11.5 Å². The summed E-state index contributed by atoms with van der Waals surface area (Å²) in [6.07, 6.45) is -1.93. The summed E-state index contributed by atoms with van der Waals surface area (Å²) < 4.78 is 54.9. The summed E-state index contributed by atoms with van der Waals surface area (Å²) in [6, 6.07) is 2.30. The Balaban J connectivity index is 1.64. The van der Waals surface area contributed by atoms with Crippen LogP contribution in [0, 0.1) is 6.92 Å². The van der Waals surface area contributed by atoms with E-state index in [4.69, 9.17) is 9.47 Å². The van der Waals surface area contributed by atoms with E-state index >= 15 is 0 Å². The molecule has 0 unspecified atom stereocenters. The number of carbonyl (C=O) groups is 1. The molecular weight excluding hydrogens is 453 g/mol. The molecule has 0 radical (unpaired) electrons. The molecule has 2 aromatic heterocycles. The van der Waals surface area contributed by atoms with Gasteiger partial charge in [0.25, 0.3) is 5.91 Å². The van der Waals surface area contributed by atoms with Gasteiger partial charge in [-0.25, -0.2) is 4.68 Å². The zero-order valence-electron chi connectivity index (χ0n) is 19.1. The van der Waals surface area contributed by atoms with Crippen molar-refractivity contribution in [2.75, 3.05) is 19.5 Å². The minimum Gasteiger partial charge on any atom is -0.493 e. The highest BCUT2D eigenvalue weighted by Gasteiger charge is 2.47. The molecule has 12 heteroatoms. The third-order valence-corrected chi connectivity index (χ3v) is 5.85. The van der Waals surface area contributed by atoms with Crippen LogP contribution in [0.2, 0.25) is 0 Å². The molecule has 1 aliphatic rings. The van der Waals surface area contributed by atoms with Gasteiger partial charge in [-0.2, -0.15) is 23.4 Å². The minimum absolute atomic E-state index is 0.00812. The van der Waals surface area contributed by atoms with Crippen LogP contribution in [0.3, 0.4) is 0 Å². The highest BCUT2D eigenvalue weighted by atomic mass is 19.4. The fourth-order valence-corrected chi connectivity index (χ4v) is 4.11. The maximum absolute atomic E-state index is 14.0. The van der Waals surface area contributed by atoms with Crippen molar-refractivity contribution in [3.05, 3.63) is 53.0 Å². The van der Waals surface area contributed by atoms with Gasteiger partial charge in [0.15, 0.2) is 17.5 Å². The number of halogens is 3. The molecule has 0 spiro atoms. The van der Waals surface area contributed by atoms with Gasteiger partial charge >= 0.3 is 6.18 Å². The Kier molecular flexibility index (Phi) is 6.15. The number of anilines is 1. The number of nitrogens with zero attached hydrogens (tertiary/aromatic N) is 4. The maximum Gasteiger partial charge on any atom is 0.410 e. The van der Waals surface area contributed by atoms with Gasteiger partial charge in [-0.15, -0.1) is 0 Å². The Morgan fingerprint density at radius 1 is 1.26 bits per heavy atom. The summed E-state index contributed by atoms with van der Waals surface area (Å²) in [5.41, 5.74) is 2.16. The zero-order chi connectivity index (χ0) is 24.6. The molecule has 1 aromatic carbocycles. The number of aromatic nitrogens is 4. The van der Waals surface area contributed by atoms with Crippen LogP contribution in [0.15, 0.2) is 30.6 Å². The molecule has 0 saturated heterocycles. The molecule has 182 valence electrons. The van der Waals surface area contributed by atoms with E-state index in [0.29, 0.717) is 17.1 Å². The molecule has 3 aromatic rings. The summed E-state index contributed by atoms with van der Waals surface area (Å²) in [5.74, 6) is 0.333. The lowest BCUT2D eigenvalue weighted by Gasteiger charge is -2.34. The molecule has 2 atom stereocenters. The molecule has 0 saturated carbocycles. The zero-order valence-corrected chi connectivity index (χ0v) is 19.1. The van der Waals surface area contributed by atoms with Crippen LogP contribution in [0.5, 0.6) is 11.5 Å². The number of hydrogen-bond donors (Lipinski definition) is 2. The Labute approximate surface area is 193 Å². The smallest absolute Gasteiger partial charge is 0.410 e. The van der Waals surface area contributed by atoms with Crippen molar-refractivity contribution in [2.24, 2.45) is 7.05 Å². The third-order valence-electron chi connectivity index (χ3n) is 5.85. The quantitative estimate of drug-likeness (QED) is 0.563. The topological polar surface area (TPSA) is 95.2 Å². The lowest BCUT2D eigenvalue weighted by molar-refractivity contribution is -0.173. The largest absolute Gasteiger partial charge is 0.493 e. The van der Waals surface area contributed by atoms with Crippen molar-refractivity contribution in [1.82, 2.24) is 24.9 Å². The van der Waals surface area contributed by atoms with E-state index in [-0.39, 0.29) is 24.3 Å². The Bertz CT molecular complexity index is 1200. The van der Waals surface area contributed by atoms with Gasteiger partial charge in [0.1, 0.15) is 11.4 Å². The van der Waals surface area contributed by atoms with Crippen LogP contribution in [0.4, 0.5) is 19.0 Å². The van der Waals surface area contributed by atoms with Gasteiger partial charge in [-0.1, -0.05) is 6.07 Å². The number of aryl methyl sites for hydroxylation is 2. The summed E-state index contributed by atoms with van der Waals surface area (Å²) in [4.78, 5) is 12.9. The van der Waals surface area contributed by atoms with E-state index in [1.54, 1.807) is 36.1 Å². The molecule has 4 rings (SSSR count). The first kappa shape index (κ1) is 23.5. The molecule has 0 bridgehead atoms. The molecule has 9 nitrogen and oxygen atoms in total. The second kappa shape index (κ2) is 8.92. The lowest BCUT2D eigenvalue weighted by Crippen LogP contribution is -2.36. The number of carbonyl (C=O) groups excluding carboxylic acids is 1. The fraction of sp³-hybridized carbons (Fsp3) is 0.409. The highest BCUT2D eigenvalue weighted by Crippen LogP contribution is 2.45. The van der Waals surface area contributed by atoms with Crippen LogP contribution in [0.25, 0.3) is 0 Å². The summed E-state index contributed by atoms with van der Waals surface area (Å²) in [7, 11) is 4.70. The molecule has 2 N–H and O–H groups in total. The standard InChI is InChI=1S/C22H25F3N6O3/c1-12-14(11-30(2)29-12)9-26-21(32)15-10-27-31-19(22(23,24)25)8-16(28-20(15)31)13-5-6-17(33-3)18(7-13)34-4/h5-7,10-11,16,19,28H,8-9H2,1-4H3,(H,26,32)/t16-,19+/m0/s1. The van der Waals surface area contributed by atoms with E-state index in [1.165, 1.54) is 14.2 Å². The van der Waals surface area contributed by atoms with Crippen molar-refractivity contribution in [2.45, 2.75) is 38.1 Å². The van der Waals surface area contributed by atoms with Gasteiger partial charge in [-0.3, -0.25) is 9.48 Å². The van der Waals surface area contributed by atoms with Crippen LogP contribution >= 0.6 is 0 Å². The van der Waals surface area contributed by atoms with Crippen LogP contribution in [-0.4, -0.2) is 45.9 Å². The Morgan fingerprint density at radius 3 is 2.62 bits per heavy atom. The van der Waals surface area contributed by atoms with E-state index in [1.807, 2.05) is 6.92 Å². The highest BCUT2D eigenvalue weighted by molar-refractivity contribution is 5.98. The second-order valence-electron chi connectivity index (χ2n) is 8.05. The summed E-state index contributed by atoms with van der Waals surface area (Å²) in [5, 5.41) is 13.9. The SMILES string of the molecule is COc1ccc([C@@H]2C[C@H](C(F)(F)F)n3ncc(C(=O)NCc4cn(C)nc4C)c3N2)cc1OC. The number of amides is 1. The first-order chi connectivity index (χ1) is 16.1. The van der Waals surface area contributed by atoms with E-state index in [2.05, 4.69) is 20.8 Å². The van der Waals surface area contributed by atoms with Crippen LogP contribution < -0.4 is 20.1 Å². The minimum atomic E-state index is -4.56.